The molecule has 15 heteroatoms. The van der Waals surface area contributed by atoms with Gasteiger partial charge in [0, 0.05) is 133 Å². The van der Waals surface area contributed by atoms with Crippen LogP contribution in [-0.2, 0) is 9.59 Å². The molecule has 0 bridgehead atoms. The molecule has 5 fully saturated rings. The lowest BCUT2D eigenvalue weighted by Gasteiger charge is -2.50. The molecule has 5 aliphatic rings. The van der Waals surface area contributed by atoms with Crippen LogP contribution in [0.3, 0.4) is 0 Å². The molecule has 81 heavy (non-hydrogen) atoms. The second-order valence-corrected chi connectivity index (χ2v) is 33.6. The predicted octanol–water partition coefficient (Wildman–Crippen LogP) is 11.7. The summed E-state index contributed by atoms with van der Waals surface area (Å²) < 4.78 is 0. The van der Waals surface area contributed by atoms with Gasteiger partial charge in [0.2, 0.25) is 29.7 Å². The van der Waals surface area contributed by atoms with Gasteiger partial charge in [-0.25, -0.2) is 0 Å². The lowest BCUT2D eigenvalue weighted by atomic mass is 9.79. The van der Waals surface area contributed by atoms with Gasteiger partial charge in [-0.3, -0.25) is 9.59 Å². The molecule has 1 aromatic heterocycles. The molecular weight excluding hydrogens is 1010 g/mol. The van der Waals surface area contributed by atoms with E-state index in [4.69, 9.17) is 15.0 Å². The van der Waals surface area contributed by atoms with Crippen LogP contribution in [0.5, 0.6) is 0 Å². The number of hydrogen-bond acceptors (Lipinski definition) is 13. The Labute approximate surface area is 496 Å². The van der Waals surface area contributed by atoms with Crippen molar-refractivity contribution >= 4 is 29.7 Å². The van der Waals surface area contributed by atoms with E-state index in [0.29, 0.717) is 0 Å². The first-order valence-corrected chi connectivity index (χ1v) is 32.5. The summed E-state index contributed by atoms with van der Waals surface area (Å²) in [7, 11) is 2.24. The van der Waals surface area contributed by atoms with Crippen LogP contribution in [0, 0.1) is 0 Å². The Morgan fingerprint density at radius 2 is 0.543 bits per heavy atom. The maximum absolute atomic E-state index is 13.3. The van der Waals surface area contributed by atoms with E-state index in [2.05, 4.69) is 197 Å². The summed E-state index contributed by atoms with van der Waals surface area (Å²) in [4.78, 5) is 55.5. The molecule has 5 saturated heterocycles. The highest BCUT2D eigenvalue weighted by atomic mass is 16.2. The monoisotopic (exact) mass is 1130 g/mol. The Kier molecular flexibility index (Phi) is 21.0. The van der Waals surface area contributed by atoms with Crippen molar-refractivity contribution in [3.63, 3.8) is 0 Å². The van der Waals surface area contributed by atoms with Gasteiger partial charge in [0.05, 0.1) is 0 Å². The summed E-state index contributed by atoms with van der Waals surface area (Å²) in [5, 5.41) is 19.6. The highest BCUT2D eigenvalue weighted by Gasteiger charge is 2.46. The smallest absolute Gasteiger partial charge is 0.232 e. The molecule has 6 heterocycles. The van der Waals surface area contributed by atoms with E-state index >= 15 is 0 Å². The average molecular weight is 1130 g/mol. The van der Waals surface area contributed by atoms with E-state index in [1.165, 1.54) is 0 Å². The second-order valence-electron chi connectivity index (χ2n) is 33.6. The normalized spacial score (nSPS) is 25.0. The fraction of sp³-hybridized carbons (Fsp3) is 0.924. The van der Waals surface area contributed by atoms with Gasteiger partial charge in [-0.2, -0.15) is 15.0 Å². The lowest BCUT2D eigenvalue weighted by molar-refractivity contribution is -0.134. The highest BCUT2D eigenvalue weighted by Crippen LogP contribution is 2.40. The van der Waals surface area contributed by atoms with E-state index in [-0.39, 0.29) is 97.4 Å². The van der Waals surface area contributed by atoms with Gasteiger partial charge in [-0.1, -0.05) is 32.1 Å². The third kappa shape index (κ3) is 19.9. The second kappa shape index (κ2) is 25.2. The third-order valence-electron chi connectivity index (χ3n) is 18.7. The quantitative estimate of drug-likeness (QED) is 0.0663. The number of nitrogens with zero attached hydrogens (tertiary/aromatic N) is 8. The van der Waals surface area contributed by atoms with Crippen molar-refractivity contribution in [1.82, 2.24) is 51.3 Å². The number of carbonyl (C=O) groups excluding carboxylic acids is 2. The molecule has 0 aliphatic carbocycles. The van der Waals surface area contributed by atoms with Crippen molar-refractivity contribution in [3.05, 3.63) is 0 Å². The Morgan fingerprint density at radius 3 is 0.802 bits per heavy atom. The summed E-state index contributed by atoms with van der Waals surface area (Å²) in [5.74, 6) is 2.78. The van der Waals surface area contributed by atoms with Gasteiger partial charge < -0.3 is 51.1 Å². The number of carbonyl (C=O) groups is 2. The zero-order chi connectivity index (χ0) is 60.6. The lowest BCUT2D eigenvalue weighted by Crippen LogP contribution is -2.63. The summed E-state index contributed by atoms with van der Waals surface area (Å²) in [6.07, 6.45) is 19.3. The molecule has 0 saturated carbocycles. The molecule has 5 aliphatic heterocycles. The third-order valence-corrected chi connectivity index (χ3v) is 18.7. The predicted molar refractivity (Wildman–Crippen MR) is 341 cm³/mol. The van der Waals surface area contributed by atoms with Crippen LogP contribution in [0.2, 0.25) is 0 Å². The molecule has 0 radical (unpaired) electrons. The molecule has 0 aromatic carbocycles. The van der Waals surface area contributed by atoms with E-state index < -0.39 is 0 Å². The number of aromatic nitrogens is 3. The van der Waals surface area contributed by atoms with E-state index in [0.717, 1.165) is 166 Å². The molecule has 0 atom stereocenters. The van der Waals surface area contributed by atoms with Crippen LogP contribution in [0.15, 0.2) is 0 Å². The molecule has 1 aromatic rings. The van der Waals surface area contributed by atoms with Gasteiger partial charge in [-0.05, 0) is 228 Å². The number of rotatable bonds is 23. The van der Waals surface area contributed by atoms with Gasteiger partial charge >= 0.3 is 0 Å². The molecule has 0 unspecified atom stereocenters. The minimum absolute atomic E-state index is 0.00877. The van der Waals surface area contributed by atoms with Gasteiger partial charge in [0.1, 0.15) is 0 Å². The summed E-state index contributed by atoms with van der Waals surface area (Å²) in [6.45, 7) is 53.4. The molecule has 5 N–H and O–H groups in total. The number of hydrogen-bond donors (Lipinski definition) is 5. The van der Waals surface area contributed by atoms with Crippen LogP contribution in [0.4, 0.5) is 17.8 Å². The number of anilines is 3. The van der Waals surface area contributed by atoms with E-state index in [1.807, 2.05) is 0 Å². The fourth-order valence-electron chi connectivity index (χ4n) is 17.5. The maximum atomic E-state index is 13.3. The largest absolute Gasteiger partial charge is 0.341 e. The van der Waals surface area contributed by atoms with E-state index in [1.54, 1.807) is 13.8 Å². The van der Waals surface area contributed by atoms with Crippen molar-refractivity contribution in [1.29, 1.82) is 0 Å². The molecule has 15 nitrogen and oxygen atoms in total. The summed E-state index contributed by atoms with van der Waals surface area (Å²) >= 11 is 0. The van der Waals surface area contributed by atoms with Crippen LogP contribution in [0.25, 0.3) is 0 Å². The molecular formula is C66H125N13O2. The van der Waals surface area contributed by atoms with Crippen molar-refractivity contribution in [2.45, 2.75) is 360 Å². The van der Waals surface area contributed by atoms with Gasteiger partial charge in [0.15, 0.2) is 0 Å². The maximum Gasteiger partial charge on any atom is 0.232 e. The Hall–Kier alpha value is -2.85. The van der Waals surface area contributed by atoms with Crippen molar-refractivity contribution < 1.29 is 9.59 Å². The fourth-order valence-corrected chi connectivity index (χ4v) is 17.5. The Balaban J connectivity index is 1.30. The van der Waals surface area contributed by atoms with Gasteiger partial charge in [-0.15, -0.1) is 0 Å². The van der Waals surface area contributed by atoms with Crippen molar-refractivity contribution in [2.24, 2.45) is 0 Å². The van der Waals surface area contributed by atoms with Crippen LogP contribution < -0.4 is 41.3 Å². The van der Waals surface area contributed by atoms with Crippen LogP contribution >= 0.6 is 0 Å². The Bertz CT molecular complexity index is 2170. The van der Waals surface area contributed by atoms with Crippen LogP contribution in [0.1, 0.15) is 274 Å². The minimum atomic E-state index is -0.0792. The van der Waals surface area contributed by atoms with Gasteiger partial charge in [0.25, 0.3) is 0 Å². The first-order valence-electron chi connectivity index (χ1n) is 32.5. The minimum Gasteiger partial charge on any atom is -0.341 e. The molecule has 466 valence electrons. The molecule has 0 spiro atoms. The number of amides is 2. The van der Waals surface area contributed by atoms with Crippen molar-refractivity contribution in [3.8, 4) is 0 Å². The SMILES string of the molecule is CC(=O)N(CCCCCCCN(c1nc(N(C)C2CC(C)(C)NC(C)(C)C2)nc(N(CCCCCCN(C(C)=O)C2CC(C)(C)NC(C)(C)C2)C2CC(C)(C)NC(C)(C)C2)n1)C1CC(C)(C)NC(C)(C)C1)C1CC(C)(C)NC(C)(C)C1. The molecule has 6 rings (SSSR count). The zero-order valence-electron chi connectivity index (χ0n) is 56.5. The number of piperidine rings is 5. The number of unbranched alkanes of at least 4 members (excludes halogenated alkanes) is 7. The number of nitrogens with one attached hydrogen (secondary N) is 5. The average Bonchev–Trinajstić information content (AvgIpc) is 3.44. The van der Waals surface area contributed by atoms with Crippen LogP contribution in [-0.4, -0.2) is 155 Å². The first kappa shape index (κ1) is 67.3. The first-order chi connectivity index (χ1) is 37.0. The van der Waals surface area contributed by atoms with Crippen molar-refractivity contribution in [2.75, 3.05) is 47.9 Å². The zero-order valence-corrected chi connectivity index (χ0v) is 56.5. The summed E-state index contributed by atoms with van der Waals surface area (Å²) in [6, 6.07) is 1.18. The molecule has 2 amide bonds. The topological polar surface area (TPSA) is 149 Å². The highest BCUT2D eigenvalue weighted by molar-refractivity contribution is 5.74. The van der Waals surface area contributed by atoms with E-state index in [9.17, 15) is 9.59 Å². The Morgan fingerprint density at radius 1 is 0.333 bits per heavy atom. The summed E-state index contributed by atoms with van der Waals surface area (Å²) in [5.41, 5.74) is -0.470. The standard InChI is InChI=1S/C66H125N13O2/c1-47(80)76(50-39-59(7,8)71-60(9,10)40-50)33-29-25-24-26-31-35-78(52-43-63(15,16)73-64(17,18)44-52)55-67-54(75(23)49-37-57(3,4)70-58(5,6)38-49)68-56(69-55)79(53-45-65(19,20)74-66(21,22)46-53)36-32-28-27-30-34-77(48(2)81)51-41-61(11,12)72-62(13,14)42-51/h49-53,70-74H,24-46H2,1-23H3.